The number of nitrogens with one attached hydrogen (secondary N) is 1. The zero-order chi connectivity index (χ0) is 30.0. The molecule has 0 saturated carbocycles. The summed E-state index contributed by atoms with van der Waals surface area (Å²) in [5, 5.41) is 16.1. The van der Waals surface area contributed by atoms with E-state index in [2.05, 4.69) is 25.6 Å². The summed E-state index contributed by atoms with van der Waals surface area (Å²) in [5.74, 6) is -1.25. The van der Waals surface area contributed by atoms with Crippen molar-refractivity contribution in [3.63, 3.8) is 0 Å². The van der Waals surface area contributed by atoms with Crippen LogP contribution in [0, 0.1) is 5.82 Å². The number of aromatic nitrogens is 5. The van der Waals surface area contributed by atoms with Crippen molar-refractivity contribution in [1.29, 1.82) is 0 Å². The first kappa shape index (κ1) is 29.4. The van der Waals surface area contributed by atoms with Crippen LogP contribution in [-0.2, 0) is 17.9 Å². The van der Waals surface area contributed by atoms with Crippen LogP contribution in [0.2, 0.25) is 10.0 Å². The smallest absolute Gasteiger partial charge is 0.278 e. The summed E-state index contributed by atoms with van der Waals surface area (Å²) in [4.78, 5) is 42.2. The van der Waals surface area contributed by atoms with Crippen LogP contribution in [0.25, 0.3) is 5.69 Å². The predicted octanol–water partition coefficient (Wildman–Crippen LogP) is 3.64. The Kier molecular flexibility index (Phi) is 8.66. The maximum Gasteiger partial charge on any atom is 0.278 e. The molecule has 11 nitrogen and oxygen atoms in total. The van der Waals surface area contributed by atoms with Crippen LogP contribution in [0.5, 0.6) is 0 Å². The molecule has 1 N–H and O–H groups in total. The number of hydrogen-bond acceptors (Lipinski definition) is 7. The monoisotopic (exact) mass is 612 g/mol. The van der Waals surface area contributed by atoms with Crippen LogP contribution in [-0.4, -0.2) is 71.6 Å². The predicted molar refractivity (Wildman–Crippen MR) is 155 cm³/mol. The molecule has 3 heterocycles. The van der Waals surface area contributed by atoms with Crippen molar-refractivity contribution in [3.05, 3.63) is 98.4 Å². The number of carbonyl (C=O) groups is 2. The SMILES string of the molecule is C[C@@H]1CN(C(=O)c2nn(-c3cccc(F)c3)ccc2=O)C[C@H](C)N1Cc1cn(CC(=O)Nc2cc(Cl)cc(Cl)c2)nn1. The summed E-state index contributed by atoms with van der Waals surface area (Å²) >= 11 is 12.0. The second-order valence-corrected chi connectivity index (χ2v) is 11.0. The molecule has 0 unspecified atom stereocenters. The molecule has 1 saturated heterocycles. The maximum absolute atomic E-state index is 13.7. The number of piperazine rings is 1. The zero-order valence-electron chi connectivity index (χ0n) is 22.7. The Morgan fingerprint density at radius 1 is 1.05 bits per heavy atom. The van der Waals surface area contributed by atoms with Gasteiger partial charge in [-0.25, -0.2) is 13.8 Å². The first-order chi connectivity index (χ1) is 20.0. The van der Waals surface area contributed by atoms with Crippen molar-refractivity contribution in [2.24, 2.45) is 0 Å². The maximum atomic E-state index is 13.7. The van der Waals surface area contributed by atoms with Crippen LogP contribution in [0.1, 0.15) is 30.0 Å². The molecule has 4 aromatic rings. The Morgan fingerprint density at radius 2 is 1.76 bits per heavy atom. The van der Waals surface area contributed by atoms with Crippen molar-refractivity contribution >= 4 is 40.7 Å². The van der Waals surface area contributed by atoms with Gasteiger partial charge in [0.25, 0.3) is 5.91 Å². The molecular formula is C28H27Cl2FN8O3. The molecule has 0 spiro atoms. The van der Waals surface area contributed by atoms with E-state index in [0.717, 1.165) is 0 Å². The number of halogens is 3. The zero-order valence-corrected chi connectivity index (χ0v) is 24.3. The highest BCUT2D eigenvalue weighted by atomic mass is 35.5. The topological polar surface area (TPSA) is 118 Å². The molecule has 42 heavy (non-hydrogen) atoms. The molecule has 14 heteroatoms. The fourth-order valence-electron chi connectivity index (χ4n) is 4.95. The number of anilines is 1. The Balaban J connectivity index is 1.21. The number of rotatable bonds is 7. The van der Waals surface area contributed by atoms with E-state index in [9.17, 15) is 18.8 Å². The Bertz CT molecular complexity index is 1660. The van der Waals surface area contributed by atoms with Gasteiger partial charge in [-0.05, 0) is 50.2 Å². The van der Waals surface area contributed by atoms with E-state index in [4.69, 9.17) is 23.2 Å². The molecule has 2 aromatic carbocycles. The summed E-state index contributed by atoms with van der Waals surface area (Å²) < 4.78 is 16.5. The molecule has 218 valence electrons. The molecule has 0 radical (unpaired) electrons. The summed E-state index contributed by atoms with van der Waals surface area (Å²) in [6.07, 6.45) is 3.10. The summed E-state index contributed by atoms with van der Waals surface area (Å²) in [7, 11) is 0. The Labute approximate surface area is 250 Å². The lowest BCUT2D eigenvalue weighted by atomic mass is 10.1. The van der Waals surface area contributed by atoms with Crippen LogP contribution in [0.3, 0.4) is 0 Å². The molecule has 0 bridgehead atoms. The molecule has 1 aliphatic rings. The highest BCUT2D eigenvalue weighted by Gasteiger charge is 2.34. The number of amides is 2. The third-order valence-corrected chi connectivity index (χ3v) is 7.29. The second-order valence-electron chi connectivity index (χ2n) is 10.1. The van der Waals surface area contributed by atoms with Crippen LogP contribution in [0.15, 0.2) is 65.7 Å². The highest BCUT2D eigenvalue weighted by Crippen LogP contribution is 2.23. The van der Waals surface area contributed by atoms with Crippen LogP contribution in [0.4, 0.5) is 10.1 Å². The minimum atomic E-state index is -0.505. The van der Waals surface area contributed by atoms with Crippen molar-refractivity contribution in [2.45, 2.75) is 39.0 Å². The van der Waals surface area contributed by atoms with E-state index >= 15 is 0 Å². The van der Waals surface area contributed by atoms with Gasteiger partial charge in [0.2, 0.25) is 11.3 Å². The number of nitrogens with zero attached hydrogens (tertiary/aromatic N) is 7. The van der Waals surface area contributed by atoms with E-state index in [0.29, 0.717) is 46.7 Å². The van der Waals surface area contributed by atoms with Gasteiger partial charge < -0.3 is 10.2 Å². The lowest BCUT2D eigenvalue weighted by molar-refractivity contribution is -0.116. The van der Waals surface area contributed by atoms with Gasteiger partial charge in [-0.15, -0.1) is 5.10 Å². The minimum Gasteiger partial charge on any atom is -0.334 e. The van der Waals surface area contributed by atoms with E-state index in [1.54, 1.807) is 35.4 Å². The summed E-state index contributed by atoms with van der Waals surface area (Å²) in [6.45, 7) is 5.07. The first-order valence-electron chi connectivity index (χ1n) is 13.1. The molecule has 1 aliphatic heterocycles. The van der Waals surface area contributed by atoms with Crippen molar-refractivity contribution in [1.82, 2.24) is 34.6 Å². The van der Waals surface area contributed by atoms with Crippen LogP contribution >= 0.6 is 23.2 Å². The number of carbonyl (C=O) groups excluding carboxylic acids is 2. The van der Waals surface area contributed by atoms with Gasteiger partial charge in [-0.2, -0.15) is 5.10 Å². The minimum absolute atomic E-state index is 0.0538. The van der Waals surface area contributed by atoms with Gasteiger partial charge in [0.05, 0.1) is 17.6 Å². The molecule has 5 rings (SSSR count). The third-order valence-electron chi connectivity index (χ3n) is 6.85. The van der Waals surface area contributed by atoms with Gasteiger partial charge in [-0.1, -0.05) is 34.5 Å². The van der Waals surface area contributed by atoms with Gasteiger partial charge in [-0.3, -0.25) is 19.3 Å². The Morgan fingerprint density at radius 3 is 2.45 bits per heavy atom. The Hall–Kier alpha value is -4.13. The molecule has 2 aromatic heterocycles. The van der Waals surface area contributed by atoms with Crippen molar-refractivity contribution in [2.75, 3.05) is 18.4 Å². The molecule has 0 aliphatic carbocycles. The van der Waals surface area contributed by atoms with Gasteiger partial charge in [0.15, 0.2) is 5.69 Å². The van der Waals surface area contributed by atoms with Gasteiger partial charge >= 0.3 is 0 Å². The van der Waals surface area contributed by atoms with E-state index in [1.807, 2.05) is 13.8 Å². The average molecular weight is 613 g/mol. The standard InChI is InChI=1S/C28H27Cl2FN8O3/c1-17-12-36(28(42)27-25(40)6-7-39(34-27)24-5-3-4-21(31)11-24)13-18(2)38(17)15-23-14-37(35-33-23)16-26(41)32-22-9-19(29)8-20(30)10-22/h3-11,14,17-18H,12-13,15-16H2,1-2H3,(H,32,41)/t17-,18+. The summed E-state index contributed by atoms with van der Waals surface area (Å²) in [5.41, 5.74) is 0.807. The fourth-order valence-corrected chi connectivity index (χ4v) is 5.48. The molecule has 2 amide bonds. The lowest BCUT2D eigenvalue weighted by Crippen LogP contribution is -2.58. The number of hydrogen-bond donors (Lipinski definition) is 1. The average Bonchev–Trinajstić information content (AvgIpc) is 3.36. The quantitative estimate of drug-likeness (QED) is 0.338. The second kappa shape index (κ2) is 12.4. The van der Waals surface area contributed by atoms with E-state index in [1.165, 1.54) is 39.8 Å². The van der Waals surface area contributed by atoms with Gasteiger partial charge in [0.1, 0.15) is 12.4 Å². The third kappa shape index (κ3) is 6.84. The molecule has 1 fully saturated rings. The van der Waals surface area contributed by atoms with E-state index in [-0.39, 0.29) is 30.2 Å². The number of benzene rings is 2. The highest BCUT2D eigenvalue weighted by molar-refractivity contribution is 6.35. The largest absolute Gasteiger partial charge is 0.334 e. The molecule has 2 atom stereocenters. The van der Waals surface area contributed by atoms with Crippen molar-refractivity contribution < 1.29 is 14.0 Å². The fraction of sp³-hybridized carbons (Fsp3) is 0.286. The first-order valence-corrected chi connectivity index (χ1v) is 13.9. The van der Waals surface area contributed by atoms with Crippen LogP contribution < -0.4 is 10.7 Å². The van der Waals surface area contributed by atoms with E-state index < -0.39 is 17.2 Å². The van der Waals surface area contributed by atoms with Gasteiger partial charge in [0, 0.05) is 59.7 Å². The normalized spacial score (nSPS) is 17.3. The lowest BCUT2D eigenvalue weighted by Gasteiger charge is -2.44. The summed E-state index contributed by atoms with van der Waals surface area (Å²) in [6, 6.07) is 11.6. The van der Waals surface area contributed by atoms with Crippen molar-refractivity contribution in [3.8, 4) is 5.69 Å². The molecular weight excluding hydrogens is 586 g/mol.